The maximum atomic E-state index is 12.9. The van der Waals surface area contributed by atoms with Crippen molar-refractivity contribution in [3.63, 3.8) is 0 Å². The number of hydrogen-bond donors (Lipinski definition) is 1. The number of furan rings is 1. The number of rotatable bonds is 5. The lowest BCUT2D eigenvalue weighted by Crippen LogP contribution is -2.32. The highest BCUT2D eigenvalue weighted by atomic mass is 16.5. The molecular formula is C19H18N4O4. The van der Waals surface area contributed by atoms with Gasteiger partial charge < -0.3 is 14.5 Å². The summed E-state index contributed by atoms with van der Waals surface area (Å²) in [6.45, 7) is 1.96. The molecule has 3 aromatic heterocycles. The van der Waals surface area contributed by atoms with Gasteiger partial charge in [-0.2, -0.15) is 0 Å². The number of aryl methyl sites for hydroxylation is 1. The van der Waals surface area contributed by atoms with Crippen molar-refractivity contribution >= 4 is 22.5 Å². The Kier molecular flexibility index (Phi) is 4.15. The van der Waals surface area contributed by atoms with E-state index < -0.39 is 0 Å². The molecule has 8 nitrogen and oxygen atoms in total. The number of nitrogens with one attached hydrogen (secondary N) is 1. The molecule has 0 fully saturated rings. The molecule has 0 atom stereocenters. The van der Waals surface area contributed by atoms with Crippen LogP contribution in [0.5, 0.6) is 5.75 Å². The lowest BCUT2D eigenvalue weighted by atomic mass is 10.1. The lowest BCUT2D eigenvalue weighted by molar-refractivity contribution is -0.122. The van der Waals surface area contributed by atoms with Crippen LogP contribution in [0.4, 0.5) is 0 Å². The summed E-state index contributed by atoms with van der Waals surface area (Å²) in [4.78, 5) is 25.1. The molecule has 1 amide bonds. The third-order valence-corrected chi connectivity index (χ3v) is 4.38. The normalized spacial score (nSPS) is 11.2. The summed E-state index contributed by atoms with van der Waals surface area (Å²) in [6, 6.07) is 11.0. The third kappa shape index (κ3) is 3.05. The van der Waals surface area contributed by atoms with E-state index >= 15 is 0 Å². The van der Waals surface area contributed by atoms with Crippen LogP contribution in [0.1, 0.15) is 11.3 Å². The predicted molar refractivity (Wildman–Crippen MR) is 98.8 cm³/mol. The van der Waals surface area contributed by atoms with Crippen LogP contribution in [0.15, 0.2) is 51.9 Å². The molecule has 0 aliphatic rings. The van der Waals surface area contributed by atoms with E-state index in [-0.39, 0.29) is 24.7 Å². The van der Waals surface area contributed by atoms with Crippen molar-refractivity contribution in [1.29, 1.82) is 0 Å². The van der Waals surface area contributed by atoms with E-state index in [0.29, 0.717) is 22.7 Å². The smallest absolute Gasteiger partial charge is 0.351 e. The van der Waals surface area contributed by atoms with Crippen LogP contribution in [-0.4, -0.2) is 27.2 Å². The second-order valence-corrected chi connectivity index (χ2v) is 6.21. The Labute approximate surface area is 154 Å². The molecule has 0 spiro atoms. The Bertz CT molecular complexity index is 1190. The van der Waals surface area contributed by atoms with E-state index in [1.165, 1.54) is 15.3 Å². The first kappa shape index (κ1) is 16.9. The van der Waals surface area contributed by atoms with E-state index in [2.05, 4.69) is 10.4 Å². The number of aromatic nitrogens is 3. The molecule has 1 N–H and O–H groups in total. The Morgan fingerprint density at radius 3 is 2.89 bits per heavy atom. The van der Waals surface area contributed by atoms with E-state index in [1.54, 1.807) is 25.3 Å². The number of nitrogens with zero attached hydrogens (tertiary/aromatic N) is 3. The molecule has 0 aliphatic heterocycles. The van der Waals surface area contributed by atoms with Gasteiger partial charge in [0.25, 0.3) is 0 Å². The molecule has 4 aromatic rings. The number of ether oxygens (including phenoxy) is 1. The molecule has 1 aromatic carbocycles. The second-order valence-electron chi connectivity index (χ2n) is 6.21. The minimum absolute atomic E-state index is 0.174. The average molecular weight is 366 g/mol. The van der Waals surface area contributed by atoms with Crippen LogP contribution in [0, 0.1) is 6.92 Å². The van der Waals surface area contributed by atoms with Crippen LogP contribution < -0.4 is 15.7 Å². The van der Waals surface area contributed by atoms with Crippen LogP contribution in [0.2, 0.25) is 0 Å². The van der Waals surface area contributed by atoms with Gasteiger partial charge in [0, 0.05) is 6.07 Å². The largest absolute Gasteiger partial charge is 0.497 e. The van der Waals surface area contributed by atoms with Crippen molar-refractivity contribution in [2.75, 3.05) is 7.11 Å². The van der Waals surface area contributed by atoms with Crippen molar-refractivity contribution < 1.29 is 13.9 Å². The lowest BCUT2D eigenvalue weighted by Gasteiger charge is -2.05. The highest BCUT2D eigenvalue weighted by Crippen LogP contribution is 2.23. The minimum Gasteiger partial charge on any atom is -0.497 e. The van der Waals surface area contributed by atoms with E-state index in [9.17, 15) is 9.59 Å². The molecule has 0 aliphatic carbocycles. The topological polar surface area (TPSA) is 90.8 Å². The first-order valence-electron chi connectivity index (χ1n) is 8.43. The number of hydrogen-bond acceptors (Lipinski definition) is 5. The van der Waals surface area contributed by atoms with Crippen LogP contribution in [0.25, 0.3) is 16.6 Å². The Balaban J connectivity index is 1.70. The first-order valence-corrected chi connectivity index (χ1v) is 8.43. The Morgan fingerprint density at radius 1 is 1.30 bits per heavy atom. The highest BCUT2D eigenvalue weighted by molar-refractivity contribution is 5.84. The molecule has 0 radical (unpaired) electrons. The summed E-state index contributed by atoms with van der Waals surface area (Å²) >= 11 is 0. The summed E-state index contributed by atoms with van der Waals surface area (Å²) in [5.74, 6) is 0.958. The summed E-state index contributed by atoms with van der Waals surface area (Å²) < 4.78 is 13.1. The second kappa shape index (κ2) is 6.64. The standard InChI is InChI=1S/C19H18N4O4/c1-12-8-13-5-6-14(26-2)9-16(13)23-18(12)21-22(19(23)25)11-17(24)20-10-15-4-3-7-27-15/h3-9H,10-11H2,1-2H3,(H,20,24). The van der Waals surface area contributed by atoms with Crippen molar-refractivity contribution in [1.82, 2.24) is 19.5 Å². The molecule has 0 bridgehead atoms. The summed E-state index contributed by atoms with van der Waals surface area (Å²) in [7, 11) is 1.57. The molecule has 8 heteroatoms. The maximum absolute atomic E-state index is 12.9. The Hall–Kier alpha value is -3.55. The number of fused-ring (bicyclic) bond motifs is 3. The third-order valence-electron chi connectivity index (χ3n) is 4.38. The van der Waals surface area contributed by atoms with Gasteiger partial charge in [0.2, 0.25) is 5.91 Å². The highest BCUT2D eigenvalue weighted by Gasteiger charge is 2.15. The van der Waals surface area contributed by atoms with Crippen molar-refractivity contribution in [2.24, 2.45) is 0 Å². The fourth-order valence-electron chi connectivity index (χ4n) is 3.04. The zero-order valence-corrected chi connectivity index (χ0v) is 14.9. The predicted octanol–water partition coefficient (Wildman–Crippen LogP) is 1.88. The van der Waals surface area contributed by atoms with Gasteiger partial charge in [-0.25, -0.2) is 13.9 Å². The minimum atomic E-state index is -0.375. The van der Waals surface area contributed by atoms with Crippen molar-refractivity contribution in [3.8, 4) is 5.75 Å². The molecule has 0 saturated carbocycles. The number of carbonyl (C=O) groups excluding carboxylic acids is 1. The van der Waals surface area contributed by atoms with Gasteiger partial charge in [-0.1, -0.05) is 0 Å². The van der Waals surface area contributed by atoms with Gasteiger partial charge in [-0.15, -0.1) is 5.10 Å². The van der Waals surface area contributed by atoms with Crippen molar-refractivity contribution in [3.05, 3.63) is 64.5 Å². The van der Waals surface area contributed by atoms with E-state index in [4.69, 9.17) is 9.15 Å². The van der Waals surface area contributed by atoms with E-state index in [1.807, 2.05) is 25.1 Å². The van der Waals surface area contributed by atoms with Gasteiger partial charge in [-0.3, -0.25) is 4.79 Å². The van der Waals surface area contributed by atoms with Gasteiger partial charge in [0.15, 0.2) is 5.65 Å². The number of methoxy groups -OCH3 is 1. The van der Waals surface area contributed by atoms with Crippen molar-refractivity contribution in [2.45, 2.75) is 20.0 Å². The SMILES string of the molecule is COc1ccc2cc(C)c3nn(CC(=O)NCc4ccco4)c(=O)n3c2c1. The number of benzene rings is 1. The first-order chi connectivity index (χ1) is 13.1. The molecule has 3 heterocycles. The van der Waals surface area contributed by atoms with Crippen LogP contribution in [0.3, 0.4) is 0 Å². The zero-order valence-electron chi connectivity index (χ0n) is 14.9. The summed E-state index contributed by atoms with van der Waals surface area (Å²) in [5.41, 5.74) is 1.67. The van der Waals surface area contributed by atoms with Gasteiger partial charge >= 0.3 is 5.69 Å². The molecule has 27 heavy (non-hydrogen) atoms. The quantitative estimate of drug-likeness (QED) is 0.582. The van der Waals surface area contributed by atoms with Gasteiger partial charge in [-0.05, 0) is 48.2 Å². The fourth-order valence-corrected chi connectivity index (χ4v) is 3.04. The Morgan fingerprint density at radius 2 is 2.15 bits per heavy atom. The number of pyridine rings is 1. The average Bonchev–Trinajstić information content (AvgIpc) is 3.29. The summed E-state index contributed by atoms with van der Waals surface area (Å²) in [5, 5.41) is 7.95. The zero-order chi connectivity index (χ0) is 19.0. The van der Waals surface area contributed by atoms with Crippen LogP contribution >= 0.6 is 0 Å². The van der Waals surface area contributed by atoms with Crippen LogP contribution in [-0.2, 0) is 17.9 Å². The molecule has 0 saturated heterocycles. The number of carbonyl (C=O) groups is 1. The number of amides is 1. The monoisotopic (exact) mass is 366 g/mol. The summed E-state index contributed by atoms with van der Waals surface area (Å²) in [6.07, 6.45) is 1.54. The van der Waals surface area contributed by atoms with Gasteiger partial charge in [0.1, 0.15) is 18.1 Å². The van der Waals surface area contributed by atoms with Gasteiger partial charge in [0.05, 0.1) is 25.4 Å². The molecule has 138 valence electrons. The maximum Gasteiger partial charge on any atom is 0.351 e. The van der Waals surface area contributed by atoms with E-state index in [0.717, 1.165) is 10.9 Å². The fraction of sp³-hybridized carbons (Fsp3) is 0.211. The molecule has 4 rings (SSSR count). The molecule has 0 unspecified atom stereocenters. The molecular weight excluding hydrogens is 348 g/mol.